The average Bonchev–Trinajstić information content (AvgIpc) is 3.35. The average molecular weight is 396 g/mol. The van der Waals surface area contributed by atoms with Gasteiger partial charge in [-0.1, -0.05) is 18.9 Å². The fourth-order valence-corrected chi connectivity index (χ4v) is 4.38. The summed E-state index contributed by atoms with van der Waals surface area (Å²) in [6.45, 7) is 1.38. The molecule has 154 valence electrons. The zero-order valence-corrected chi connectivity index (χ0v) is 17.0. The molecule has 2 atom stereocenters. The molecule has 0 saturated carbocycles. The van der Waals surface area contributed by atoms with Crippen LogP contribution in [0, 0.1) is 0 Å². The van der Waals surface area contributed by atoms with E-state index in [2.05, 4.69) is 16.0 Å². The second-order valence-corrected chi connectivity index (χ2v) is 7.98. The molecule has 0 spiro atoms. The highest BCUT2D eigenvalue weighted by Gasteiger charge is 2.29. The molecule has 0 aliphatic carbocycles. The van der Waals surface area contributed by atoms with Crippen LogP contribution in [0.4, 0.5) is 5.69 Å². The fraction of sp³-hybridized carbons (Fsp3) is 0.478. The largest absolute Gasteiger partial charge is 0.368 e. The maximum atomic E-state index is 13.4. The number of aromatic nitrogens is 1. The van der Waals surface area contributed by atoms with E-state index in [0.29, 0.717) is 17.9 Å². The van der Waals surface area contributed by atoms with Crippen LogP contribution in [0.25, 0.3) is 0 Å². The van der Waals surface area contributed by atoms with Crippen molar-refractivity contribution in [2.24, 2.45) is 7.05 Å². The van der Waals surface area contributed by atoms with Crippen molar-refractivity contribution in [3.63, 3.8) is 0 Å². The van der Waals surface area contributed by atoms with Gasteiger partial charge in [0.05, 0.1) is 6.04 Å². The Morgan fingerprint density at radius 2 is 1.97 bits per heavy atom. The van der Waals surface area contributed by atoms with Crippen LogP contribution in [-0.4, -0.2) is 40.5 Å². The molecule has 2 aliphatic heterocycles. The predicted molar refractivity (Wildman–Crippen MR) is 112 cm³/mol. The van der Waals surface area contributed by atoms with Crippen molar-refractivity contribution >= 4 is 17.5 Å². The second kappa shape index (κ2) is 8.82. The smallest absolute Gasteiger partial charge is 0.254 e. The molecule has 0 bridgehead atoms. The van der Waals surface area contributed by atoms with Crippen LogP contribution in [-0.2, 0) is 16.6 Å². The van der Waals surface area contributed by atoms with Gasteiger partial charge in [-0.3, -0.25) is 9.59 Å². The molecule has 2 fully saturated rings. The van der Waals surface area contributed by atoms with Crippen LogP contribution < -0.4 is 5.32 Å². The van der Waals surface area contributed by atoms with Gasteiger partial charge < -0.3 is 19.5 Å². The molecule has 29 heavy (non-hydrogen) atoms. The number of likely N-dealkylation sites (tertiary alicyclic amines) is 1. The van der Waals surface area contributed by atoms with Crippen LogP contribution in [0.2, 0.25) is 0 Å². The maximum absolute atomic E-state index is 13.4. The summed E-state index contributed by atoms with van der Waals surface area (Å²) in [6, 6.07) is 11.5. The van der Waals surface area contributed by atoms with Crippen LogP contribution >= 0.6 is 0 Å². The van der Waals surface area contributed by atoms with E-state index in [9.17, 15) is 9.59 Å². The minimum absolute atomic E-state index is 0.0197. The molecule has 1 aromatic heterocycles. The van der Waals surface area contributed by atoms with Crippen molar-refractivity contribution in [2.75, 3.05) is 18.5 Å². The topological polar surface area (TPSA) is 63.6 Å². The third-order valence-corrected chi connectivity index (χ3v) is 5.94. The van der Waals surface area contributed by atoms with Gasteiger partial charge in [0.15, 0.2) is 0 Å². The Kier molecular flexibility index (Phi) is 6.00. The number of nitrogens with one attached hydrogen (secondary N) is 1. The highest BCUT2D eigenvalue weighted by atomic mass is 16.5. The van der Waals surface area contributed by atoms with E-state index in [1.54, 1.807) is 6.07 Å². The van der Waals surface area contributed by atoms with Crippen molar-refractivity contribution < 1.29 is 14.3 Å². The van der Waals surface area contributed by atoms with Gasteiger partial charge in [-0.05, 0) is 56.0 Å². The lowest BCUT2D eigenvalue weighted by Crippen LogP contribution is -2.35. The normalized spacial score (nSPS) is 22.3. The molecule has 0 unspecified atom stereocenters. The lowest BCUT2D eigenvalue weighted by Gasteiger charge is -2.31. The zero-order chi connectivity index (χ0) is 20.2. The summed E-state index contributed by atoms with van der Waals surface area (Å²) in [6.07, 6.45) is 7.55. The number of carbonyl (C=O) groups is 2. The van der Waals surface area contributed by atoms with E-state index in [-0.39, 0.29) is 24.0 Å². The number of carbonyl (C=O) groups excluding carboxylic acids is 2. The van der Waals surface area contributed by atoms with Gasteiger partial charge in [0.25, 0.3) is 11.8 Å². The van der Waals surface area contributed by atoms with Crippen molar-refractivity contribution in [1.82, 2.24) is 9.47 Å². The number of rotatable bonds is 4. The van der Waals surface area contributed by atoms with E-state index < -0.39 is 0 Å². The van der Waals surface area contributed by atoms with Crippen LogP contribution in [0.15, 0.2) is 42.6 Å². The summed E-state index contributed by atoms with van der Waals surface area (Å²) >= 11 is 0. The summed E-state index contributed by atoms with van der Waals surface area (Å²) in [5.74, 6) is -0.116. The van der Waals surface area contributed by atoms with E-state index in [1.165, 1.54) is 5.69 Å². The van der Waals surface area contributed by atoms with E-state index >= 15 is 0 Å². The Morgan fingerprint density at radius 1 is 1.07 bits per heavy atom. The van der Waals surface area contributed by atoms with Crippen molar-refractivity contribution in [2.45, 2.75) is 50.7 Å². The van der Waals surface area contributed by atoms with Crippen molar-refractivity contribution in [1.29, 1.82) is 0 Å². The van der Waals surface area contributed by atoms with E-state index in [1.807, 2.05) is 42.4 Å². The van der Waals surface area contributed by atoms with Crippen LogP contribution in [0.5, 0.6) is 0 Å². The molecule has 1 aromatic carbocycles. The molecule has 1 N–H and O–H groups in total. The monoisotopic (exact) mass is 395 g/mol. The van der Waals surface area contributed by atoms with Gasteiger partial charge in [-0.2, -0.15) is 0 Å². The quantitative estimate of drug-likeness (QED) is 0.854. The van der Waals surface area contributed by atoms with Gasteiger partial charge in [-0.25, -0.2) is 0 Å². The number of ether oxygens (including phenoxy) is 1. The number of aryl methyl sites for hydroxylation is 1. The molecular weight excluding hydrogens is 366 g/mol. The molecule has 2 amide bonds. The number of benzene rings is 1. The maximum Gasteiger partial charge on any atom is 0.254 e. The molecule has 4 rings (SSSR count). The summed E-state index contributed by atoms with van der Waals surface area (Å²) in [7, 11) is 2.03. The first-order chi connectivity index (χ1) is 14.1. The molecule has 2 aromatic rings. The molecule has 3 heterocycles. The number of amides is 2. The SMILES string of the molecule is Cn1cccc1[C@H]1CCCCCN1C(=O)c1cccc(NC(=O)[C@H]2CCCO2)c1. The number of anilines is 1. The molecule has 2 saturated heterocycles. The Bertz CT molecular complexity index is 870. The summed E-state index contributed by atoms with van der Waals surface area (Å²) < 4.78 is 7.56. The lowest BCUT2D eigenvalue weighted by molar-refractivity contribution is -0.124. The van der Waals surface area contributed by atoms with Crippen LogP contribution in [0.3, 0.4) is 0 Å². The van der Waals surface area contributed by atoms with Gasteiger partial charge in [-0.15, -0.1) is 0 Å². The lowest BCUT2D eigenvalue weighted by atomic mass is 10.0. The Morgan fingerprint density at radius 3 is 2.72 bits per heavy atom. The highest BCUT2D eigenvalue weighted by molar-refractivity contribution is 5.98. The number of nitrogens with zero attached hydrogens (tertiary/aromatic N) is 2. The minimum Gasteiger partial charge on any atom is -0.368 e. The molecule has 0 radical (unpaired) electrons. The van der Waals surface area contributed by atoms with Crippen molar-refractivity contribution in [3.05, 3.63) is 53.9 Å². The molecule has 6 heteroatoms. The molecule has 2 aliphatic rings. The molecule has 6 nitrogen and oxygen atoms in total. The van der Waals surface area contributed by atoms with Gasteiger partial charge in [0, 0.05) is 43.3 Å². The second-order valence-electron chi connectivity index (χ2n) is 7.98. The number of hydrogen-bond donors (Lipinski definition) is 1. The first kappa shape index (κ1) is 19.7. The fourth-order valence-electron chi connectivity index (χ4n) is 4.38. The van der Waals surface area contributed by atoms with Crippen molar-refractivity contribution in [3.8, 4) is 0 Å². The summed E-state index contributed by atoms with van der Waals surface area (Å²) in [4.78, 5) is 27.8. The van der Waals surface area contributed by atoms with Gasteiger partial charge in [0.1, 0.15) is 6.10 Å². The van der Waals surface area contributed by atoms with E-state index in [0.717, 1.165) is 45.1 Å². The Balaban J connectivity index is 1.54. The number of hydrogen-bond acceptors (Lipinski definition) is 3. The summed E-state index contributed by atoms with van der Waals surface area (Å²) in [5.41, 5.74) is 2.42. The van der Waals surface area contributed by atoms with Gasteiger partial charge in [0.2, 0.25) is 0 Å². The first-order valence-corrected chi connectivity index (χ1v) is 10.6. The third-order valence-electron chi connectivity index (χ3n) is 5.94. The highest BCUT2D eigenvalue weighted by Crippen LogP contribution is 2.31. The van der Waals surface area contributed by atoms with Gasteiger partial charge >= 0.3 is 0 Å². The standard InChI is InChI=1S/C23H29N3O3/c1-25-13-6-11-19(25)20-10-3-2-4-14-26(20)23(28)17-8-5-9-18(16-17)24-22(27)21-12-7-15-29-21/h5-6,8-9,11,13,16,20-21H,2-4,7,10,12,14-15H2,1H3,(H,24,27)/t20-,21-/m1/s1. The predicted octanol–water partition coefficient (Wildman–Crippen LogP) is 3.90. The third kappa shape index (κ3) is 4.37. The Labute approximate surface area is 171 Å². The molecular formula is C23H29N3O3. The first-order valence-electron chi connectivity index (χ1n) is 10.6. The summed E-state index contributed by atoms with van der Waals surface area (Å²) in [5, 5.41) is 2.90. The zero-order valence-electron chi connectivity index (χ0n) is 17.0. The Hall–Kier alpha value is -2.60. The van der Waals surface area contributed by atoms with E-state index in [4.69, 9.17) is 4.74 Å². The minimum atomic E-state index is -0.387. The van der Waals surface area contributed by atoms with Crippen LogP contribution in [0.1, 0.15) is 60.6 Å².